The quantitative estimate of drug-likeness (QED) is 0.789. The van der Waals surface area contributed by atoms with Crippen molar-refractivity contribution >= 4 is 17.6 Å². The molecule has 0 saturated carbocycles. The van der Waals surface area contributed by atoms with Gasteiger partial charge in [-0.25, -0.2) is 8.78 Å². The number of aliphatic carboxylic acids is 1. The first-order chi connectivity index (χ1) is 6.91. The van der Waals surface area contributed by atoms with E-state index < -0.39 is 30.1 Å². The molecule has 1 atom stereocenters. The summed E-state index contributed by atoms with van der Waals surface area (Å²) in [6, 6.07) is 0.629. The standard InChI is InChI=1S/C9H8ClF2NO2/c10-5-2-7(12)6(11)1-4(5)8(13)3-9(14)15/h1-2,8H,3,13H2,(H,14,15). The van der Waals surface area contributed by atoms with Crippen LogP contribution >= 0.6 is 11.6 Å². The summed E-state index contributed by atoms with van der Waals surface area (Å²) in [5, 5.41) is 8.39. The molecule has 0 aliphatic carbocycles. The Kier molecular flexibility index (Phi) is 3.60. The van der Waals surface area contributed by atoms with Crippen molar-refractivity contribution in [3.63, 3.8) is 0 Å². The minimum atomic E-state index is -1.14. The number of carbonyl (C=O) groups is 1. The van der Waals surface area contributed by atoms with Crippen LogP contribution in [0.2, 0.25) is 5.02 Å². The normalized spacial score (nSPS) is 12.5. The summed E-state index contributed by atoms with van der Waals surface area (Å²) in [5.74, 6) is -3.33. The average Bonchev–Trinajstić information content (AvgIpc) is 2.09. The Labute approximate surface area is 89.5 Å². The van der Waals surface area contributed by atoms with Crippen molar-refractivity contribution in [3.05, 3.63) is 34.4 Å². The lowest BCUT2D eigenvalue weighted by atomic mass is 10.0. The first-order valence-electron chi connectivity index (χ1n) is 4.03. The highest BCUT2D eigenvalue weighted by atomic mass is 35.5. The molecule has 1 aromatic carbocycles. The zero-order valence-electron chi connectivity index (χ0n) is 7.51. The molecule has 0 heterocycles. The smallest absolute Gasteiger partial charge is 0.305 e. The summed E-state index contributed by atoms with van der Waals surface area (Å²) < 4.78 is 25.5. The topological polar surface area (TPSA) is 63.3 Å². The molecule has 0 saturated heterocycles. The van der Waals surface area contributed by atoms with Crippen molar-refractivity contribution in [1.29, 1.82) is 0 Å². The third-order valence-electron chi connectivity index (χ3n) is 1.83. The van der Waals surface area contributed by atoms with Crippen LogP contribution in [0.4, 0.5) is 8.78 Å². The zero-order valence-corrected chi connectivity index (χ0v) is 8.26. The van der Waals surface area contributed by atoms with E-state index in [2.05, 4.69) is 0 Å². The van der Waals surface area contributed by atoms with Crippen molar-refractivity contribution in [2.24, 2.45) is 5.73 Å². The molecule has 0 fully saturated rings. The van der Waals surface area contributed by atoms with Crippen LogP contribution in [0, 0.1) is 11.6 Å². The molecule has 3 N–H and O–H groups in total. The molecule has 1 rings (SSSR count). The van der Waals surface area contributed by atoms with E-state index in [1.807, 2.05) is 0 Å². The Morgan fingerprint density at radius 1 is 1.47 bits per heavy atom. The van der Waals surface area contributed by atoms with E-state index in [4.69, 9.17) is 22.4 Å². The lowest BCUT2D eigenvalue weighted by Crippen LogP contribution is -2.15. The maximum absolute atomic E-state index is 12.8. The summed E-state index contributed by atoms with van der Waals surface area (Å²) >= 11 is 5.60. The van der Waals surface area contributed by atoms with Gasteiger partial charge >= 0.3 is 5.97 Å². The molecule has 6 heteroatoms. The number of halogens is 3. The molecule has 0 aliphatic rings. The second-order valence-electron chi connectivity index (χ2n) is 2.99. The van der Waals surface area contributed by atoms with Crippen LogP contribution in [0.1, 0.15) is 18.0 Å². The number of hydrogen-bond donors (Lipinski definition) is 2. The van der Waals surface area contributed by atoms with Crippen molar-refractivity contribution in [2.45, 2.75) is 12.5 Å². The van der Waals surface area contributed by atoms with Crippen LogP contribution < -0.4 is 5.73 Å². The van der Waals surface area contributed by atoms with Gasteiger partial charge in [0.15, 0.2) is 11.6 Å². The van der Waals surface area contributed by atoms with Crippen molar-refractivity contribution in [1.82, 2.24) is 0 Å². The zero-order chi connectivity index (χ0) is 11.6. The van der Waals surface area contributed by atoms with E-state index >= 15 is 0 Å². The number of rotatable bonds is 3. The van der Waals surface area contributed by atoms with Gasteiger partial charge in [0, 0.05) is 11.1 Å². The van der Waals surface area contributed by atoms with Crippen LogP contribution in [0.25, 0.3) is 0 Å². The van der Waals surface area contributed by atoms with Gasteiger partial charge in [0.2, 0.25) is 0 Å². The number of nitrogens with two attached hydrogens (primary N) is 1. The number of hydrogen-bond acceptors (Lipinski definition) is 2. The second kappa shape index (κ2) is 4.55. The van der Waals surface area contributed by atoms with Gasteiger partial charge < -0.3 is 10.8 Å². The lowest BCUT2D eigenvalue weighted by molar-refractivity contribution is -0.137. The summed E-state index contributed by atoms with van der Waals surface area (Å²) in [7, 11) is 0. The van der Waals surface area contributed by atoms with Gasteiger partial charge in [0.05, 0.1) is 6.42 Å². The molecule has 15 heavy (non-hydrogen) atoms. The highest BCUT2D eigenvalue weighted by Gasteiger charge is 2.16. The maximum atomic E-state index is 12.8. The predicted molar refractivity (Wildman–Crippen MR) is 50.5 cm³/mol. The van der Waals surface area contributed by atoms with Crippen molar-refractivity contribution in [2.75, 3.05) is 0 Å². The van der Waals surface area contributed by atoms with E-state index in [1.165, 1.54) is 0 Å². The monoisotopic (exact) mass is 235 g/mol. The summed E-state index contributed by atoms with van der Waals surface area (Å²) in [5.41, 5.74) is 5.54. The molecule has 0 amide bonds. The third-order valence-corrected chi connectivity index (χ3v) is 2.16. The first-order valence-corrected chi connectivity index (χ1v) is 4.41. The Bertz CT molecular complexity index is 398. The molecule has 0 aromatic heterocycles. The van der Waals surface area contributed by atoms with E-state index in [0.717, 1.165) is 12.1 Å². The fourth-order valence-corrected chi connectivity index (χ4v) is 1.41. The number of carboxylic acid groups (broad SMARTS) is 1. The van der Waals surface area contributed by atoms with Gasteiger partial charge in [-0.3, -0.25) is 4.79 Å². The van der Waals surface area contributed by atoms with E-state index in [-0.39, 0.29) is 10.6 Å². The molecule has 0 radical (unpaired) electrons. The fourth-order valence-electron chi connectivity index (χ4n) is 1.12. The average molecular weight is 236 g/mol. The van der Waals surface area contributed by atoms with Crippen LogP contribution in [0.15, 0.2) is 12.1 Å². The Hall–Kier alpha value is -1.20. The van der Waals surface area contributed by atoms with Crippen molar-refractivity contribution < 1.29 is 18.7 Å². The minimum Gasteiger partial charge on any atom is -0.481 e. The Balaban J connectivity index is 3.03. The van der Waals surface area contributed by atoms with Crippen LogP contribution in [0.3, 0.4) is 0 Å². The van der Waals surface area contributed by atoms with E-state index in [9.17, 15) is 13.6 Å². The van der Waals surface area contributed by atoms with Gasteiger partial charge in [-0.2, -0.15) is 0 Å². The van der Waals surface area contributed by atoms with Gasteiger partial charge in [0.1, 0.15) is 0 Å². The largest absolute Gasteiger partial charge is 0.481 e. The molecule has 3 nitrogen and oxygen atoms in total. The van der Waals surface area contributed by atoms with Gasteiger partial charge in [0.25, 0.3) is 0 Å². The molecule has 0 bridgehead atoms. The van der Waals surface area contributed by atoms with Gasteiger partial charge in [-0.05, 0) is 17.7 Å². The maximum Gasteiger partial charge on any atom is 0.305 e. The highest BCUT2D eigenvalue weighted by molar-refractivity contribution is 6.31. The van der Waals surface area contributed by atoms with E-state index in [1.54, 1.807) is 0 Å². The fraction of sp³-hybridized carbons (Fsp3) is 0.222. The first kappa shape index (κ1) is 11.9. The summed E-state index contributed by atoms with van der Waals surface area (Å²) in [6.45, 7) is 0. The molecule has 0 spiro atoms. The number of carboxylic acids is 1. The van der Waals surface area contributed by atoms with Gasteiger partial charge in [-0.15, -0.1) is 0 Å². The molecular formula is C9H8ClF2NO2. The highest BCUT2D eigenvalue weighted by Crippen LogP contribution is 2.26. The summed E-state index contributed by atoms with van der Waals surface area (Å²) in [6.07, 6.45) is -0.398. The third kappa shape index (κ3) is 2.87. The molecular weight excluding hydrogens is 228 g/mol. The summed E-state index contributed by atoms with van der Waals surface area (Å²) in [4.78, 5) is 10.4. The van der Waals surface area contributed by atoms with Crippen LogP contribution in [-0.4, -0.2) is 11.1 Å². The minimum absolute atomic E-state index is 0.0809. The van der Waals surface area contributed by atoms with Crippen LogP contribution in [-0.2, 0) is 4.79 Å². The van der Waals surface area contributed by atoms with Crippen molar-refractivity contribution in [3.8, 4) is 0 Å². The molecule has 1 aromatic rings. The molecule has 82 valence electrons. The number of benzene rings is 1. The van der Waals surface area contributed by atoms with Crippen LogP contribution in [0.5, 0.6) is 0 Å². The molecule has 0 aliphatic heterocycles. The second-order valence-corrected chi connectivity index (χ2v) is 3.40. The lowest BCUT2D eigenvalue weighted by Gasteiger charge is -2.11. The SMILES string of the molecule is NC(CC(=O)O)c1cc(F)c(F)cc1Cl. The predicted octanol–water partition coefficient (Wildman–Crippen LogP) is 2.09. The Morgan fingerprint density at radius 2 is 2.00 bits per heavy atom. The van der Waals surface area contributed by atoms with Gasteiger partial charge in [-0.1, -0.05) is 11.6 Å². The molecule has 1 unspecified atom stereocenters. The van der Waals surface area contributed by atoms with E-state index in [0.29, 0.717) is 0 Å². The Morgan fingerprint density at radius 3 is 2.53 bits per heavy atom.